The number of hydrogen-bond acceptors (Lipinski definition) is 3. The van der Waals surface area contributed by atoms with Gasteiger partial charge in [0, 0.05) is 6.54 Å². The second kappa shape index (κ2) is 19.7. The molecule has 0 heterocycles. The Morgan fingerprint density at radius 1 is 0.826 bits per heavy atom. The highest BCUT2D eigenvalue weighted by Crippen LogP contribution is 2.10. The Morgan fingerprint density at radius 3 is 2.26 bits per heavy atom. The monoisotopic (exact) mass is 327 g/mol. The molecule has 0 spiro atoms. The van der Waals surface area contributed by atoms with Gasteiger partial charge in [-0.1, -0.05) is 70.4 Å². The first-order chi connectivity index (χ1) is 11.3. The third kappa shape index (κ3) is 19.6. The minimum absolute atomic E-state index is 0.137. The third-order valence-corrected chi connectivity index (χ3v) is 4.23. The smallest absolute Gasteiger partial charge is 0.0574 e. The highest BCUT2D eigenvalue weighted by molar-refractivity contribution is 4.84. The lowest BCUT2D eigenvalue weighted by Crippen LogP contribution is -2.19. The van der Waals surface area contributed by atoms with Crippen LogP contribution in [0.15, 0.2) is 12.2 Å². The molecule has 0 amide bonds. The summed E-state index contributed by atoms with van der Waals surface area (Å²) in [5, 5.41) is 21.7. The third-order valence-electron chi connectivity index (χ3n) is 4.23. The molecular formula is C20H41NO2. The number of aliphatic hydroxyl groups excluding tert-OH is 2. The summed E-state index contributed by atoms with van der Waals surface area (Å²) < 4.78 is 0. The van der Waals surface area contributed by atoms with Crippen molar-refractivity contribution in [3.63, 3.8) is 0 Å². The second-order valence-corrected chi connectivity index (χ2v) is 6.59. The van der Waals surface area contributed by atoms with E-state index in [1.165, 1.54) is 64.2 Å². The maximum atomic E-state index is 9.86. The molecule has 0 aromatic rings. The van der Waals surface area contributed by atoms with Crippen LogP contribution in [0.25, 0.3) is 0 Å². The summed E-state index contributed by atoms with van der Waals surface area (Å²) in [4.78, 5) is 0. The van der Waals surface area contributed by atoms with Gasteiger partial charge in [-0.2, -0.15) is 0 Å². The Balaban J connectivity index is 3.18. The first-order valence-corrected chi connectivity index (χ1v) is 9.95. The van der Waals surface area contributed by atoms with Gasteiger partial charge in [0.2, 0.25) is 0 Å². The van der Waals surface area contributed by atoms with E-state index in [0.29, 0.717) is 0 Å². The molecule has 0 aromatic heterocycles. The Kier molecular flexibility index (Phi) is 19.3. The van der Waals surface area contributed by atoms with Crippen molar-refractivity contribution in [2.45, 2.75) is 96.5 Å². The van der Waals surface area contributed by atoms with Gasteiger partial charge in [-0.05, 0) is 38.6 Å². The van der Waals surface area contributed by atoms with Gasteiger partial charge < -0.3 is 15.5 Å². The summed E-state index contributed by atoms with van der Waals surface area (Å²) in [6.45, 7) is 4.21. The van der Waals surface area contributed by atoms with E-state index in [0.717, 1.165) is 32.4 Å². The molecule has 3 nitrogen and oxygen atoms in total. The van der Waals surface area contributed by atoms with E-state index in [4.69, 9.17) is 5.11 Å². The number of hydrogen-bond donors (Lipinski definition) is 3. The Bertz CT molecular complexity index is 244. The molecule has 1 atom stereocenters. The SMILES string of the molecule is CCCCCC[C@@H](O)CC=CCCCCCCCCNCCO. The van der Waals surface area contributed by atoms with Gasteiger partial charge in [0.05, 0.1) is 12.7 Å². The van der Waals surface area contributed by atoms with Crippen molar-refractivity contribution in [3.8, 4) is 0 Å². The molecule has 0 unspecified atom stereocenters. The van der Waals surface area contributed by atoms with E-state index >= 15 is 0 Å². The van der Waals surface area contributed by atoms with Crippen LogP contribution in [-0.4, -0.2) is 36.0 Å². The summed E-state index contributed by atoms with van der Waals surface area (Å²) >= 11 is 0. The van der Waals surface area contributed by atoms with Crippen LogP contribution in [0.5, 0.6) is 0 Å². The summed E-state index contributed by atoms with van der Waals surface area (Å²) in [6.07, 6.45) is 19.9. The Morgan fingerprint density at radius 2 is 1.52 bits per heavy atom. The minimum Gasteiger partial charge on any atom is -0.395 e. The van der Waals surface area contributed by atoms with Crippen molar-refractivity contribution in [2.24, 2.45) is 0 Å². The molecule has 0 aliphatic rings. The number of allylic oxidation sites excluding steroid dienone is 1. The number of nitrogens with one attached hydrogen (secondary N) is 1. The second-order valence-electron chi connectivity index (χ2n) is 6.59. The fraction of sp³-hybridized carbons (Fsp3) is 0.900. The van der Waals surface area contributed by atoms with Gasteiger partial charge in [-0.25, -0.2) is 0 Å². The molecule has 0 bridgehead atoms. The van der Waals surface area contributed by atoms with Gasteiger partial charge in [-0.3, -0.25) is 0 Å². The average molecular weight is 328 g/mol. The van der Waals surface area contributed by atoms with Gasteiger partial charge in [0.1, 0.15) is 0 Å². The lowest BCUT2D eigenvalue weighted by Gasteiger charge is -2.07. The Hall–Kier alpha value is -0.380. The van der Waals surface area contributed by atoms with Crippen LogP contribution in [0, 0.1) is 0 Å². The summed E-state index contributed by atoms with van der Waals surface area (Å²) in [6, 6.07) is 0. The van der Waals surface area contributed by atoms with Crippen LogP contribution in [0.4, 0.5) is 0 Å². The normalized spacial score (nSPS) is 13.0. The molecule has 0 radical (unpaired) electrons. The highest BCUT2D eigenvalue weighted by Gasteiger charge is 2.00. The van der Waals surface area contributed by atoms with Crippen LogP contribution < -0.4 is 5.32 Å². The quantitative estimate of drug-likeness (QED) is 0.255. The maximum absolute atomic E-state index is 9.86. The molecule has 0 aliphatic heterocycles. The van der Waals surface area contributed by atoms with E-state index in [9.17, 15) is 5.11 Å². The van der Waals surface area contributed by atoms with Crippen molar-refractivity contribution in [2.75, 3.05) is 19.7 Å². The van der Waals surface area contributed by atoms with Crippen LogP contribution in [0.1, 0.15) is 90.4 Å². The highest BCUT2D eigenvalue weighted by atomic mass is 16.3. The van der Waals surface area contributed by atoms with Crippen molar-refractivity contribution < 1.29 is 10.2 Å². The lowest BCUT2D eigenvalue weighted by atomic mass is 10.1. The predicted octanol–water partition coefficient (Wildman–Crippen LogP) is 4.58. The molecule has 0 saturated heterocycles. The minimum atomic E-state index is -0.137. The summed E-state index contributed by atoms with van der Waals surface area (Å²) in [5.74, 6) is 0. The zero-order valence-electron chi connectivity index (χ0n) is 15.4. The molecule has 3 N–H and O–H groups in total. The molecule has 23 heavy (non-hydrogen) atoms. The van der Waals surface area contributed by atoms with Gasteiger partial charge in [0.15, 0.2) is 0 Å². The summed E-state index contributed by atoms with van der Waals surface area (Å²) in [7, 11) is 0. The lowest BCUT2D eigenvalue weighted by molar-refractivity contribution is 0.163. The van der Waals surface area contributed by atoms with E-state index in [1.807, 2.05) is 0 Å². The van der Waals surface area contributed by atoms with E-state index in [-0.39, 0.29) is 12.7 Å². The maximum Gasteiger partial charge on any atom is 0.0574 e. The van der Waals surface area contributed by atoms with Crippen molar-refractivity contribution >= 4 is 0 Å². The first-order valence-electron chi connectivity index (χ1n) is 9.95. The zero-order chi connectivity index (χ0) is 17.0. The van der Waals surface area contributed by atoms with Crippen LogP contribution >= 0.6 is 0 Å². The van der Waals surface area contributed by atoms with Crippen LogP contribution in [0.3, 0.4) is 0 Å². The fourth-order valence-corrected chi connectivity index (χ4v) is 2.72. The number of rotatable bonds is 18. The summed E-state index contributed by atoms with van der Waals surface area (Å²) in [5.41, 5.74) is 0. The number of aliphatic hydroxyl groups is 2. The number of unbranched alkanes of at least 4 members (excludes halogenated alkanes) is 9. The van der Waals surface area contributed by atoms with Crippen molar-refractivity contribution in [1.82, 2.24) is 5.32 Å². The van der Waals surface area contributed by atoms with Gasteiger partial charge in [-0.15, -0.1) is 0 Å². The van der Waals surface area contributed by atoms with Crippen molar-refractivity contribution in [1.29, 1.82) is 0 Å². The van der Waals surface area contributed by atoms with E-state index < -0.39 is 0 Å². The molecule has 0 fully saturated rings. The first kappa shape index (κ1) is 22.6. The molecule has 0 aliphatic carbocycles. The molecular weight excluding hydrogens is 286 g/mol. The predicted molar refractivity (Wildman–Crippen MR) is 101 cm³/mol. The Labute approximate surface area is 144 Å². The average Bonchev–Trinajstić information content (AvgIpc) is 2.56. The fourth-order valence-electron chi connectivity index (χ4n) is 2.72. The molecule has 3 heteroatoms. The molecule has 0 rings (SSSR count). The topological polar surface area (TPSA) is 52.5 Å². The molecule has 0 saturated carbocycles. The molecule has 138 valence electrons. The zero-order valence-corrected chi connectivity index (χ0v) is 15.4. The largest absolute Gasteiger partial charge is 0.395 e. The van der Waals surface area contributed by atoms with Crippen molar-refractivity contribution in [3.05, 3.63) is 12.2 Å². The molecule has 0 aromatic carbocycles. The standard InChI is InChI=1S/C20H41NO2/c1-2-3-4-12-15-20(23)16-13-10-8-6-5-7-9-11-14-17-21-18-19-22/h10,13,20-23H,2-9,11-12,14-19H2,1H3/t20-/m1/s1. The van der Waals surface area contributed by atoms with Gasteiger partial charge >= 0.3 is 0 Å². The van der Waals surface area contributed by atoms with Crippen LogP contribution in [0.2, 0.25) is 0 Å². The van der Waals surface area contributed by atoms with E-state index in [2.05, 4.69) is 24.4 Å². The van der Waals surface area contributed by atoms with Crippen LogP contribution in [-0.2, 0) is 0 Å². The van der Waals surface area contributed by atoms with E-state index in [1.54, 1.807) is 0 Å². The van der Waals surface area contributed by atoms with Gasteiger partial charge in [0.25, 0.3) is 0 Å².